The number of H-pyrrole nitrogens is 1. The molecule has 1 aromatic heterocycles. The minimum Gasteiger partial charge on any atom is -0.388 e. The van der Waals surface area contributed by atoms with Crippen LogP contribution in [0.4, 0.5) is 0 Å². The number of aryl methyl sites for hydroxylation is 3. The fraction of sp³-hybridized carbons (Fsp3) is 0.292. The predicted octanol–water partition coefficient (Wildman–Crippen LogP) is 3.61. The van der Waals surface area contributed by atoms with Gasteiger partial charge in [0.2, 0.25) is 0 Å². The Bertz CT molecular complexity index is 1150. The van der Waals surface area contributed by atoms with Gasteiger partial charge in [-0.05, 0) is 55.7 Å². The Morgan fingerprint density at radius 3 is 2.50 bits per heavy atom. The molecule has 0 atom stereocenters. The molecule has 0 bridgehead atoms. The first-order chi connectivity index (χ1) is 14.4. The molecular formula is C24H24N4O2. The third-order valence-corrected chi connectivity index (χ3v) is 5.82. The van der Waals surface area contributed by atoms with Crippen LogP contribution < -0.4 is 0 Å². The molecule has 2 aromatic carbocycles. The van der Waals surface area contributed by atoms with Crippen LogP contribution in [0.5, 0.6) is 0 Å². The van der Waals surface area contributed by atoms with Gasteiger partial charge in [-0.2, -0.15) is 5.26 Å². The summed E-state index contributed by atoms with van der Waals surface area (Å²) in [6.07, 6.45) is 0. The highest BCUT2D eigenvalue weighted by molar-refractivity contribution is 5.97. The summed E-state index contributed by atoms with van der Waals surface area (Å²) < 4.78 is 0. The lowest BCUT2D eigenvalue weighted by molar-refractivity contribution is 0.0601. The zero-order valence-electron chi connectivity index (χ0n) is 17.4. The van der Waals surface area contributed by atoms with Gasteiger partial charge in [0.25, 0.3) is 5.91 Å². The van der Waals surface area contributed by atoms with Crippen molar-refractivity contribution in [1.29, 1.82) is 5.26 Å². The van der Waals surface area contributed by atoms with Crippen molar-refractivity contribution >= 4 is 5.91 Å². The number of aromatic nitrogens is 2. The molecule has 2 N–H and O–H groups in total. The fourth-order valence-corrected chi connectivity index (χ4v) is 4.05. The SMILES string of the molecule is Cc1cc(C)c(-c2nc(CO)[nH]c2C)cc1C(=O)N1CC(c2ccc(C#N)cc2)C1. The normalized spacial score (nSPS) is 13.8. The molecular weight excluding hydrogens is 376 g/mol. The van der Waals surface area contributed by atoms with Crippen LogP contribution in [0, 0.1) is 32.1 Å². The average molecular weight is 400 g/mol. The number of amides is 1. The molecule has 30 heavy (non-hydrogen) atoms. The molecule has 2 heterocycles. The van der Waals surface area contributed by atoms with Crippen LogP contribution in [0.1, 0.15) is 50.0 Å². The number of hydrogen-bond acceptors (Lipinski definition) is 4. The van der Waals surface area contributed by atoms with Gasteiger partial charge in [-0.25, -0.2) is 4.98 Å². The highest BCUT2D eigenvalue weighted by atomic mass is 16.3. The van der Waals surface area contributed by atoms with Gasteiger partial charge in [0.1, 0.15) is 12.4 Å². The Hall–Kier alpha value is -3.43. The largest absolute Gasteiger partial charge is 0.388 e. The highest BCUT2D eigenvalue weighted by Gasteiger charge is 2.33. The number of nitrogens with one attached hydrogen (secondary N) is 1. The summed E-state index contributed by atoms with van der Waals surface area (Å²) >= 11 is 0. The summed E-state index contributed by atoms with van der Waals surface area (Å²) in [4.78, 5) is 22.6. The smallest absolute Gasteiger partial charge is 0.254 e. The molecule has 1 amide bonds. The van der Waals surface area contributed by atoms with Crippen molar-refractivity contribution < 1.29 is 9.90 Å². The maximum Gasteiger partial charge on any atom is 0.254 e. The third-order valence-electron chi connectivity index (χ3n) is 5.82. The van der Waals surface area contributed by atoms with E-state index in [-0.39, 0.29) is 12.5 Å². The minimum absolute atomic E-state index is 0.0224. The summed E-state index contributed by atoms with van der Waals surface area (Å²) in [5.41, 5.74) is 7.01. The van der Waals surface area contributed by atoms with Gasteiger partial charge < -0.3 is 15.0 Å². The minimum atomic E-state index is -0.151. The van der Waals surface area contributed by atoms with Gasteiger partial charge >= 0.3 is 0 Å². The molecule has 0 spiro atoms. The number of hydrogen-bond donors (Lipinski definition) is 2. The number of carbonyl (C=O) groups excluding carboxylic acids is 1. The maximum atomic E-state index is 13.2. The standard InChI is InChI=1S/C24H24N4O2/c1-14-8-15(2)21(9-20(14)23-16(3)26-22(13-29)27-23)24(30)28-11-19(12-28)18-6-4-17(10-25)5-7-18/h4-9,19,29H,11-13H2,1-3H3,(H,26,27). The van der Waals surface area contributed by atoms with Crippen molar-refractivity contribution in [2.75, 3.05) is 13.1 Å². The van der Waals surface area contributed by atoms with Gasteiger partial charge in [-0.3, -0.25) is 4.79 Å². The van der Waals surface area contributed by atoms with E-state index < -0.39 is 0 Å². The number of aliphatic hydroxyl groups excluding tert-OH is 1. The van der Waals surface area contributed by atoms with Crippen LogP contribution in [0.3, 0.4) is 0 Å². The number of aliphatic hydroxyl groups is 1. The number of rotatable bonds is 4. The van der Waals surface area contributed by atoms with Crippen molar-refractivity contribution in [1.82, 2.24) is 14.9 Å². The van der Waals surface area contributed by atoms with E-state index in [0.717, 1.165) is 33.6 Å². The molecule has 1 saturated heterocycles. The highest BCUT2D eigenvalue weighted by Crippen LogP contribution is 2.32. The molecule has 1 aliphatic rings. The van der Waals surface area contributed by atoms with Crippen molar-refractivity contribution in [2.24, 2.45) is 0 Å². The molecule has 6 heteroatoms. The van der Waals surface area contributed by atoms with Gasteiger partial charge in [-0.15, -0.1) is 0 Å². The monoisotopic (exact) mass is 400 g/mol. The Labute approximate surface area is 175 Å². The first-order valence-electron chi connectivity index (χ1n) is 9.98. The average Bonchev–Trinajstić information content (AvgIpc) is 3.08. The predicted molar refractivity (Wildman–Crippen MR) is 114 cm³/mol. The Balaban J connectivity index is 1.56. The number of imidazole rings is 1. The fourth-order valence-electron chi connectivity index (χ4n) is 4.05. The number of nitrogens with zero attached hydrogens (tertiary/aromatic N) is 3. The van der Waals surface area contributed by atoms with Crippen molar-refractivity contribution in [2.45, 2.75) is 33.3 Å². The Morgan fingerprint density at radius 1 is 1.20 bits per heavy atom. The third kappa shape index (κ3) is 3.49. The van der Waals surface area contributed by atoms with Crippen LogP contribution in [0.25, 0.3) is 11.3 Å². The van der Waals surface area contributed by atoms with Crippen LogP contribution in [0.15, 0.2) is 36.4 Å². The molecule has 0 radical (unpaired) electrons. The van der Waals surface area contributed by atoms with E-state index >= 15 is 0 Å². The molecule has 1 fully saturated rings. The van der Waals surface area contributed by atoms with E-state index in [1.165, 1.54) is 0 Å². The molecule has 4 rings (SSSR count). The van der Waals surface area contributed by atoms with Crippen LogP contribution in [-0.4, -0.2) is 39.0 Å². The topological polar surface area (TPSA) is 93.0 Å². The molecule has 1 aliphatic heterocycles. The zero-order valence-corrected chi connectivity index (χ0v) is 17.4. The molecule has 3 aromatic rings. The number of nitriles is 1. The number of carbonyl (C=O) groups is 1. The van der Waals surface area contributed by atoms with Crippen LogP contribution >= 0.6 is 0 Å². The first kappa shape index (κ1) is 19.9. The van der Waals surface area contributed by atoms with Gasteiger partial charge in [-0.1, -0.05) is 18.2 Å². The van der Waals surface area contributed by atoms with E-state index in [2.05, 4.69) is 16.0 Å². The molecule has 152 valence electrons. The molecule has 6 nitrogen and oxygen atoms in total. The van der Waals surface area contributed by atoms with E-state index in [0.29, 0.717) is 36.0 Å². The second kappa shape index (κ2) is 7.77. The van der Waals surface area contributed by atoms with Crippen LogP contribution in [-0.2, 0) is 6.61 Å². The molecule has 0 aliphatic carbocycles. The van der Waals surface area contributed by atoms with Gasteiger partial charge in [0.15, 0.2) is 0 Å². The van der Waals surface area contributed by atoms with Gasteiger partial charge in [0, 0.05) is 35.8 Å². The molecule has 0 saturated carbocycles. The van der Waals surface area contributed by atoms with E-state index in [1.54, 1.807) is 0 Å². The lowest BCUT2D eigenvalue weighted by Crippen LogP contribution is -2.48. The first-order valence-corrected chi connectivity index (χ1v) is 9.98. The van der Waals surface area contributed by atoms with Crippen molar-refractivity contribution in [3.63, 3.8) is 0 Å². The quantitative estimate of drug-likeness (QED) is 0.700. The maximum absolute atomic E-state index is 13.2. The Kier molecular flexibility index (Phi) is 5.15. The van der Waals surface area contributed by atoms with Crippen LogP contribution in [0.2, 0.25) is 0 Å². The number of aromatic amines is 1. The summed E-state index contributed by atoms with van der Waals surface area (Å²) in [6.45, 7) is 7.07. The van der Waals surface area contributed by atoms with E-state index in [4.69, 9.17) is 5.26 Å². The van der Waals surface area contributed by atoms with Crippen molar-refractivity contribution in [3.8, 4) is 17.3 Å². The van der Waals surface area contributed by atoms with E-state index in [1.807, 2.05) is 62.1 Å². The lowest BCUT2D eigenvalue weighted by Gasteiger charge is -2.40. The Morgan fingerprint density at radius 2 is 1.90 bits per heavy atom. The number of likely N-dealkylation sites (tertiary alicyclic amines) is 1. The summed E-state index contributed by atoms with van der Waals surface area (Å²) in [6, 6.07) is 13.7. The van der Waals surface area contributed by atoms with Crippen molar-refractivity contribution in [3.05, 3.63) is 75.7 Å². The molecule has 0 unspecified atom stereocenters. The number of benzene rings is 2. The van der Waals surface area contributed by atoms with Gasteiger partial charge in [0.05, 0.1) is 17.3 Å². The second-order valence-electron chi connectivity index (χ2n) is 7.94. The lowest BCUT2D eigenvalue weighted by atomic mass is 9.89. The summed E-state index contributed by atoms with van der Waals surface area (Å²) in [5, 5.41) is 18.3. The summed E-state index contributed by atoms with van der Waals surface area (Å²) in [7, 11) is 0. The zero-order chi connectivity index (χ0) is 21.4. The second-order valence-corrected chi connectivity index (χ2v) is 7.94. The summed E-state index contributed by atoms with van der Waals surface area (Å²) in [5.74, 6) is 0.838. The van der Waals surface area contributed by atoms with E-state index in [9.17, 15) is 9.90 Å².